The molecule has 0 spiro atoms. The quantitative estimate of drug-likeness (QED) is 0.521. The van der Waals surface area contributed by atoms with Gasteiger partial charge in [0.05, 0.1) is 38.5 Å². The fraction of sp³-hybridized carbons (Fsp3) is 0.235. The largest absolute Gasteiger partial charge is 0.497 e. The van der Waals surface area contributed by atoms with E-state index in [-0.39, 0.29) is 11.7 Å². The normalized spacial score (nSPS) is 10.4. The van der Waals surface area contributed by atoms with Crippen LogP contribution in [0.1, 0.15) is 5.76 Å². The Morgan fingerprint density at radius 2 is 2.15 bits per heavy atom. The van der Waals surface area contributed by atoms with Gasteiger partial charge in [0.25, 0.3) is 0 Å². The molecule has 0 aliphatic carbocycles. The minimum absolute atomic E-state index is 0.163. The predicted octanol–water partition coefficient (Wildman–Crippen LogP) is 3.49. The molecule has 0 unspecified atom stereocenters. The molecule has 0 radical (unpaired) electrons. The van der Waals surface area contributed by atoms with Gasteiger partial charge in [-0.25, -0.2) is 0 Å². The SMILES string of the molecule is COc1ccc(NC(=O)CSc2nnc(NCc3ccco3)s2)c(OC)c1. The Labute approximate surface area is 164 Å². The Balaban J connectivity index is 1.49. The first-order valence-electron chi connectivity index (χ1n) is 7.92. The van der Waals surface area contributed by atoms with Crippen molar-refractivity contribution in [2.75, 3.05) is 30.6 Å². The van der Waals surface area contributed by atoms with E-state index in [9.17, 15) is 4.79 Å². The lowest BCUT2D eigenvalue weighted by molar-refractivity contribution is -0.113. The average Bonchev–Trinajstić information content (AvgIpc) is 3.36. The van der Waals surface area contributed by atoms with Crippen molar-refractivity contribution in [2.45, 2.75) is 10.9 Å². The second-order valence-corrected chi connectivity index (χ2v) is 7.41. The van der Waals surface area contributed by atoms with Crippen molar-refractivity contribution in [1.82, 2.24) is 10.2 Å². The summed E-state index contributed by atoms with van der Waals surface area (Å²) in [5.41, 5.74) is 0.585. The molecule has 0 aliphatic rings. The van der Waals surface area contributed by atoms with Crippen LogP contribution in [0, 0.1) is 0 Å². The minimum atomic E-state index is -0.163. The molecule has 0 bridgehead atoms. The van der Waals surface area contributed by atoms with E-state index in [0.29, 0.717) is 33.2 Å². The van der Waals surface area contributed by atoms with E-state index in [1.807, 2.05) is 12.1 Å². The first-order valence-corrected chi connectivity index (χ1v) is 9.72. The van der Waals surface area contributed by atoms with E-state index in [2.05, 4.69) is 20.8 Å². The Hall–Kier alpha value is -2.72. The highest BCUT2D eigenvalue weighted by atomic mass is 32.2. The smallest absolute Gasteiger partial charge is 0.234 e. The number of hydrogen-bond acceptors (Lipinski definition) is 9. The molecule has 1 amide bonds. The van der Waals surface area contributed by atoms with E-state index in [4.69, 9.17) is 13.9 Å². The number of thioether (sulfide) groups is 1. The zero-order chi connectivity index (χ0) is 19.1. The van der Waals surface area contributed by atoms with Crippen molar-refractivity contribution >= 4 is 39.8 Å². The van der Waals surface area contributed by atoms with Crippen molar-refractivity contribution < 1.29 is 18.7 Å². The maximum Gasteiger partial charge on any atom is 0.234 e. The van der Waals surface area contributed by atoms with Crippen molar-refractivity contribution in [3.63, 3.8) is 0 Å². The first kappa shape index (κ1) is 19.1. The minimum Gasteiger partial charge on any atom is -0.497 e. The summed E-state index contributed by atoms with van der Waals surface area (Å²) in [6.45, 7) is 0.532. The van der Waals surface area contributed by atoms with Gasteiger partial charge in [-0.2, -0.15) is 0 Å². The standard InChI is InChI=1S/C17H18N4O4S2/c1-23-11-5-6-13(14(8-11)24-2)19-15(22)10-26-17-21-20-16(27-17)18-9-12-4-3-7-25-12/h3-8H,9-10H2,1-2H3,(H,18,20)(H,19,22). The molecule has 2 aromatic heterocycles. The number of methoxy groups -OCH3 is 2. The van der Waals surface area contributed by atoms with E-state index >= 15 is 0 Å². The number of anilines is 2. The second kappa shape index (κ2) is 9.28. The second-order valence-electron chi connectivity index (χ2n) is 5.21. The molecule has 2 heterocycles. The number of carbonyl (C=O) groups is 1. The molecule has 3 rings (SSSR count). The van der Waals surface area contributed by atoms with Crippen LogP contribution in [0.2, 0.25) is 0 Å². The Bertz CT molecular complexity index is 883. The van der Waals surface area contributed by atoms with Crippen molar-refractivity contribution in [3.8, 4) is 11.5 Å². The highest BCUT2D eigenvalue weighted by molar-refractivity contribution is 8.01. The topological polar surface area (TPSA) is 98.5 Å². The molecular formula is C17H18N4O4S2. The molecule has 142 valence electrons. The average molecular weight is 406 g/mol. The summed E-state index contributed by atoms with van der Waals surface area (Å²) in [7, 11) is 3.11. The third kappa shape index (κ3) is 5.38. The van der Waals surface area contributed by atoms with Crippen LogP contribution in [-0.2, 0) is 11.3 Å². The lowest BCUT2D eigenvalue weighted by Crippen LogP contribution is -2.14. The first-order chi connectivity index (χ1) is 13.2. The van der Waals surface area contributed by atoms with E-state index in [1.165, 1.54) is 30.2 Å². The summed E-state index contributed by atoms with van der Waals surface area (Å²) in [5, 5.41) is 14.7. The maximum atomic E-state index is 12.2. The summed E-state index contributed by atoms with van der Waals surface area (Å²) in [5.74, 6) is 2.05. The van der Waals surface area contributed by atoms with E-state index < -0.39 is 0 Å². The number of amides is 1. The molecule has 0 saturated heterocycles. The molecule has 0 aliphatic heterocycles. The van der Waals surface area contributed by atoms with Crippen LogP contribution >= 0.6 is 23.1 Å². The number of benzene rings is 1. The fourth-order valence-electron chi connectivity index (χ4n) is 2.13. The number of nitrogens with zero attached hydrogens (tertiary/aromatic N) is 2. The lowest BCUT2D eigenvalue weighted by Gasteiger charge is -2.11. The monoisotopic (exact) mass is 406 g/mol. The number of hydrogen-bond donors (Lipinski definition) is 2. The molecule has 1 aromatic carbocycles. The number of ether oxygens (including phenoxy) is 2. The molecule has 0 saturated carbocycles. The van der Waals surface area contributed by atoms with Gasteiger partial charge in [0.1, 0.15) is 17.3 Å². The Kier molecular flexibility index (Phi) is 6.55. The number of nitrogens with one attached hydrogen (secondary N) is 2. The molecule has 2 N–H and O–H groups in total. The van der Waals surface area contributed by atoms with Gasteiger partial charge in [-0.05, 0) is 24.3 Å². The third-order valence-electron chi connectivity index (χ3n) is 3.41. The van der Waals surface area contributed by atoms with Crippen LogP contribution in [-0.4, -0.2) is 36.1 Å². The molecule has 3 aromatic rings. The fourth-order valence-corrected chi connectivity index (χ4v) is 3.68. The summed E-state index contributed by atoms with van der Waals surface area (Å²) in [4.78, 5) is 12.2. The van der Waals surface area contributed by atoms with Gasteiger partial charge in [-0.1, -0.05) is 23.1 Å². The zero-order valence-corrected chi connectivity index (χ0v) is 16.4. The van der Waals surface area contributed by atoms with Crippen molar-refractivity contribution in [1.29, 1.82) is 0 Å². The van der Waals surface area contributed by atoms with Gasteiger partial charge in [0.15, 0.2) is 4.34 Å². The summed E-state index contributed by atoms with van der Waals surface area (Å²) >= 11 is 2.70. The van der Waals surface area contributed by atoms with Gasteiger partial charge in [0.2, 0.25) is 11.0 Å². The molecule has 0 fully saturated rings. The van der Waals surface area contributed by atoms with E-state index in [1.54, 1.807) is 31.6 Å². The van der Waals surface area contributed by atoms with Crippen LogP contribution in [0.25, 0.3) is 0 Å². The Morgan fingerprint density at radius 1 is 1.26 bits per heavy atom. The molecule has 8 nitrogen and oxygen atoms in total. The van der Waals surface area contributed by atoms with Gasteiger partial charge < -0.3 is 24.5 Å². The van der Waals surface area contributed by atoms with Crippen LogP contribution in [0.5, 0.6) is 11.5 Å². The molecule has 10 heteroatoms. The number of aromatic nitrogens is 2. The summed E-state index contributed by atoms with van der Waals surface area (Å²) < 4.78 is 16.4. The molecule has 27 heavy (non-hydrogen) atoms. The van der Waals surface area contributed by atoms with Crippen LogP contribution < -0.4 is 20.1 Å². The van der Waals surface area contributed by atoms with E-state index in [0.717, 1.165) is 5.76 Å². The van der Waals surface area contributed by atoms with Gasteiger partial charge in [0, 0.05) is 6.07 Å². The van der Waals surface area contributed by atoms with Crippen LogP contribution in [0.15, 0.2) is 45.4 Å². The van der Waals surface area contributed by atoms with Crippen LogP contribution in [0.3, 0.4) is 0 Å². The van der Waals surface area contributed by atoms with Crippen molar-refractivity contribution in [2.24, 2.45) is 0 Å². The number of carbonyl (C=O) groups excluding carboxylic acids is 1. The Morgan fingerprint density at radius 3 is 2.89 bits per heavy atom. The maximum absolute atomic E-state index is 12.2. The lowest BCUT2D eigenvalue weighted by atomic mass is 10.2. The van der Waals surface area contributed by atoms with Crippen LogP contribution in [0.4, 0.5) is 10.8 Å². The van der Waals surface area contributed by atoms with Crippen molar-refractivity contribution in [3.05, 3.63) is 42.4 Å². The van der Waals surface area contributed by atoms with Gasteiger partial charge in [-0.15, -0.1) is 10.2 Å². The predicted molar refractivity (Wildman–Crippen MR) is 105 cm³/mol. The van der Waals surface area contributed by atoms with Gasteiger partial charge in [-0.3, -0.25) is 4.79 Å². The third-order valence-corrected chi connectivity index (χ3v) is 5.42. The highest BCUT2D eigenvalue weighted by Crippen LogP contribution is 2.30. The summed E-state index contributed by atoms with van der Waals surface area (Å²) in [6, 6.07) is 8.91. The molecular weight excluding hydrogens is 388 g/mol. The summed E-state index contributed by atoms with van der Waals surface area (Å²) in [6.07, 6.45) is 1.62. The zero-order valence-electron chi connectivity index (χ0n) is 14.7. The number of furan rings is 1. The molecule has 0 atom stereocenters. The van der Waals surface area contributed by atoms with Gasteiger partial charge >= 0.3 is 0 Å². The number of rotatable bonds is 9. The highest BCUT2D eigenvalue weighted by Gasteiger charge is 2.11.